The van der Waals surface area contributed by atoms with E-state index in [4.69, 9.17) is 23.2 Å². The first-order valence-electron chi connectivity index (χ1n) is 4.46. The molecule has 0 N–H and O–H groups in total. The predicted octanol–water partition coefficient (Wildman–Crippen LogP) is 2.81. The maximum absolute atomic E-state index is 6.14. The summed E-state index contributed by atoms with van der Waals surface area (Å²) in [5, 5.41) is 5.14. The molecule has 0 bridgehead atoms. The number of aryl methyl sites for hydroxylation is 2. The SMILES string of the molecule is CCc1nn(C)c(CCCCl)c1Cl. The summed E-state index contributed by atoms with van der Waals surface area (Å²) in [5.41, 5.74) is 2.08. The van der Waals surface area contributed by atoms with Crippen LogP contribution in [0.2, 0.25) is 5.02 Å². The van der Waals surface area contributed by atoms with Gasteiger partial charge < -0.3 is 0 Å². The summed E-state index contributed by atoms with van der Waals surface area (Å²) in [7, 11) is 1.93. The fraction of sp³-hybridized carbons (Fsp3) is 0.667. The van der Waals surface area contributed by atoms with Gasteiger partial charge in [0, 0.05) is 12.9 Å². The molecule has 0 spiro atoms. The Kier molecular flexibility index (Phi) is 4.07. The van der Waals surface area contributed by atoms with E-state index >= 15 is 0 Å². The molecule has 1 aromatic rings. The van der Waals surface area contributed by atoms with Crippen molar-refractivity contribution in [1.29, 1.82) is 0 Å². The first-order chi connectivity index (χ1) is 6.20. The average Bonchev–Trinajstić information content (AvgIpc) is 2.39. The van der Waals surface area contributed by atoms with E-state index in [0.717, 1.165) is 35.7 Å². The zero-order chi connectivity index (χ0) is 9.84. The summed E-state index contributed by atoms with van der Waals surface area (Å²) in [6.07, 6.45) is 2.74. The van der Waals surface area contributed by atoms with Crippen LogP contribution in [0.4, 0.5) is 0 Å². The highest BCUT2D eigenvalue weighted by atomic mass is 35.5. The van der Waals surface area contributed by atoms with Crippen LogP contribution in [0.1, 0.15) is 24.7 Å². The average molecular weight is 221 g/mol. The van der Waals surface area contributed by atoms with Crippen molar-refractivity contribution in [3.8, 4) is 0 Å². The highest BCUT2D eigenvalue weighted by Crippen LogP contribution is 2.21. The molecule has 0 aromatic carbocycles. The van der Waals surface area contributed by atoms with Crippen molar-refractivity contribution in [2.75, 3.05) is 5.88 Å². The van der Waals surface area contributed by atoms with Crippen molar-refractivity contribution in [1.82, 2.24) is 9.78 Å². The Morgan fingerprint density at radius 1 is 1.46 bits per heavy atom. The van der Waals surface area contributed by atoms with Gasteiger partial charge in [0.05, 0.1) is 16.4 Å². The van der Waals surface area contributed by atoms with Gasteiger partial charge in [-0.1, -0.05) is 18.5 Å². The minimum absolute atomic E-state index is 0.670. The van der Waals surface area contributed by atoms with Crippen LogP contribution < -0.4 is 0 Å². The van der Waals surface area contributed by atoms with E-state index in [-0.39, 0.29) is 0 Å². The second-order valence-corrected chi connectivity index (χ2v) is 3.73. The lowest BCUT2D eigenvalue weighted by molar-refractivity contribution is 0.689. The van der Waals surface area contributed by atoms with Crippen LogP contribution in [0.25, 0.3) is 0 Å². The Morgan fingerprint density at radius 3 is 2.62 bits per heavy atom. The number of hydrogen-bond donors (Lipinski definition) is 0. The van der Waals surface area contributed by atoms with E-state index in [2.05, 4.69) is 12.0 Å². The summed E-state index contributed by atoms with van der Waals surface area (Å²) in [6, 6.07) is 0. The molecule has 0 atom stereocenters. The van der Waals surface area contributed by atoms with E-state index < -0.39 is 0 Å². The molecule has 0 saturated carbocycles. The maximum Gasteiger partial charge on any atom is 0.0849 e. The summed E-state index contributed by atoms with van der Waals surface area (Å²) in [6.45, 7) is 2.06. The van der Waals surface area contributed by atoms with Gasteiger partial charge in [0.2, 0.25) is 0 Å². The fourth-order valence-electron chi connectivity index (χ4n) is 1.33. The minimum Gasteiger partial charge on any atom is -0.271 e. The minimum atomic E-state index is 0.670. The molecular weight excluding hydrogens is 207 g/mol. The van der Waals surface area contributed by atoms with E-state index in [9.17, 15) is 0 Å². The van der Waals surface area contributed by atoms with E-state index in [0.29, 0.717) is 5.88 Å². The van der Waals surface area contributed by atoms with Gasteiger partial charge in [-0.15, -0.1) is 11.6 Å². The summed E-state index contributed by atoms with van der Waals surface area (Å²) in [5.74, 6) is 0.670. The molecule has 74 valence electrons. The third-order valence-electron chi connectivity index (χ3n) is 2.05. The van der Waals surface area contributed by atoms with Crippen molar-refractivity contribution in [2.45, 2.75) is 26.2 Å². The molecule has 1 aromatic heterocycles. The second-order valence-electron chi connectivity index (χ2n) is 2.98. The molecular formula is C9H14Cl2N2. The standard InChI is InChI=1S/C9H14Cl2N2/c1-3-7-9(11)8(5-4-6-10)13(2)12-7/h3-6H2,1-2H3. The highest BCUT2D eigenvalue weighted by molar-refractivity contribution is 6.31. The Bertz CT molecular complexity index is 281. The van der Waals surface area contributed by atoms with Crippen molar-refractivity contribution >= 4 is 23.2 Å². The number of hydrogen-bond acceptors (Lipinski definition) is 1. The predicted molar refractivity (Wildman–Crippen MR) is 56.6 cm³/mol. The zero-order valence-corrected chi connectivity index (χ0v) is 9.49. The topological polar surface area (TPSA) is 17.8 Å². The smallest absolute Gasteiger partial charge is 0.0849 e. The van der Waals surface area contributed by atoms with Crippen LogP contribution in [-0.4, -0.2) is 15.7 Å². The van der Waals surface area contributed by atoms with Crippen LogP contribution in [0.3, 0.4) is 0 Å². The molecule has 0 aliphatic carbocycles. The van der Waals surface area contributed by atoms with Crippen LogP contribution >= 0.6 is 23.2 Å². The monoisotopic (exact) mass is 220 g/mol. The summed E-state index contributed by atoms with van der Waals surface area (Å²) < 4.78 is 1.85. The Hall–Kier alpha value is -0.210. The van der Waals surface area contributed by atoms with Gasteiger partial charge in [0.1, 0.15) is 0 Å². The molecule has 0 amide bonds. The van der Waals surface area contributed by atoms with Crippen LogP contribution in [0.5, 0.6) is 0 Å². The Morgan fingerprint density at radius 2 is 2.15 bits per heavy atom. The highest BCUT2D eigenvalue weighted by Gasteiger charge is 2.11. The molecule has 13 heavy (non-hydrogen) atoms. The quantitative estimate of drug-likeness (QED) is 0.715. The molecule has 0 radical (unpaired) electrons. The lowest BCUT2D eigenvalue weighted by Gasteiger charge is -1.99. The molecule has 0 aliphatic heterocycles. The van der Waals surface area contributed by atoms with Crippen LogP contribution in [0.15, 0.2) is 0 Å². The first-order valence-corrected chi connectivity index (χ1v) is 5.38. The number of rotatable bonds is 4. The normalized spacial score (nSPS) is 10.8. The van der Waals surface area contributed by atoms with Gasteiger partial charge in [0.15, 0.2) is 0 Å². The van der Waals surface area contributed by atoms with Crippen molar-refractivity contribution < 1.29 is 0 Å². The van der Waals surface area contributed by atoms with Gasteiger partial charge in [-0.3, -0.25) is 4.68 Å². The molecule has 4 heteroatoms. The van der Waals surface area contributed by atoms with Gasteiger partial charge in [-0.2, -0.15) is 5.10 Å². The molecule has 0 aliphatic rings. The van der Waals surface area contributed by atoms with Crippen LogP contribution in [-0.2, 0) is 19.9 Å². The van der Waals surface area contributed by atoms with Crippen LogP contribution in [0, 0.1) is 0 Å². The number of alkyl halides is 1. The van der Waals surface area contributed by atoms with Crippen molar-refractivity contribution in [3.63, 3.8) is 0 Å². The lowest BCUT2D eigenvalue weighted by Crippen LogP contribution is -1.98. The summed E-state index contributed by atoms with van der Waals surface area (Å²) >= 11 is 11.8. The van der Waals surface area contributed by atoms with Gasteiger partial charge in [-0.25, -0.2) is 0 Å². The van der Waals surface area contributed by atoms with E-state index in [1.165, 1.54) is 0 Å². The lowest BCUT2D eigenvalue weighted by atomic mass is 10.2. The number of aromatic nitrogens is 2. The molecule has 1 heterocycles. The van der Waals surface area contributed by atoms with E-state index in [1.807, 2.05) is 11.7 Å². The fourth-order valence-corrected chi connectivity index (χ4v) is 1.85. The molecule has 0 fully saturated rings. The largest absolute Gasteiger partial charge is 0.271 e. The third-order valence-corrected chi connectivity index (χ3v) is 2.75. The van der Waals surface area contributed by atoms with Gasteiger partial charge in [0.25, 0.3) is 0 Å². The molecule has 0 saturated heterocycles. The Labute approximate surface area is 88.8 Å². The third kappa shape index (κ3) is 2.38. The molecule has 1 rings (SSSR count). The zero-order valence-electron chi connectivity index (χ0n) is 7.98. The van der Waals surface area contributed by atoms with E-state index in [1.54, 1.807) is 0 Å². The van der Waals surface area contributed by atoms with Gasteiger partial charge >= 0.3 is 0 Å². The van der Waals surface area contributed by atoms with Crippen molar-refractivity contribution in [2.24, 2.45) is 7.05 Å². The van der Waals surface area contributed by atoms with Crippen molar-refractivity contribution in [3.05, 3.63) is 16.4 Å². The van der Waals surface area contributed by atoms with Gasteiger partial charge in [-0.05, 0) is 19.3 Å². The molecule has 2 nitrogen and oxygen atoms in total. The number of halogens is 2. The number of nitrogens with zero attached hydrogens (tertiary/aromatic N) is 2. The summed E-state index contributed by atoms with van der Waals surface area (Å²) in [4.78, 5) is 0. The maximum atomic E-state index is 6.14. The second kappa shape index (κ2) is 4.87. The Balaban J connectivity index is 2.85. The first kappa shape index (κ1) is 10.9. The molecule has 0 unspecified atom stereocenters.